The van der Waals surface area contributed by atoms with Crippen LogP contribution in [-0.2, 0) is 13.5 Å². The molecule has 1 aromatic heterocycles. The number of hydrogen-bond donors (Lipinski definition) is 1. The minimum Gasteiger partial charge on any atom is -0.370 e. The zero-order valence-corrected chi connectivity index (χ0v) is 16.0. The summed E-state index contributed by atoms with van der Waals surface area (Å²) in [5, 5.41) is 2.01. The first kappa shape index (κ1) is 17.4. The summed E-state index contributed by atoms with van der Waals surface area (Å²) in [5.41, 5.74) is 8.46. The van der Waals surface area contributed by atoms with Crippen molar-refractivity contribution in [3.05, 3.63) is 35.0 Å². The van der Waals surface area contributed by atoms with E-state index < -0.39 is 0 Å². The Labute approximate surface area is 153 Å². The van der Waals surface area contributed by atoms with Crippen LogP contribution in [0.25, 0.3) is 10.9 Å². The standard InChI is InChI=1S/C16H21ClN4.HI/c1-20-10-11(14-6-3-12(17)9-15(14)20)7-8-19-16(18)21(2)13-4-5-13;/h3,6,9-10,13H,4-5,7-8H2,1-2H3,(H2,18,19);1H. The molecular formula is C16H22ClIN4. The van der Waals surface area contributed by atoms with Gasteiger partial charge < -0.3 is 15.2 Å². The van der Waals surface area contributed by atoms with Crippen LogP contribution in [-0.4, -0.2) is 35.1 Å². The van der Waals surface area contributed by atoms with Crippen LogP contribution in [0, 0.1) is 0 Å². The summed E-state index contributed by atoms with van der Waals surface area (Å²) < 4.78 is 2.11. The normalized spacial score (nSPS) is 15.0. The van der Waals surface area contributed by atoms with E-state index in [1.165, 1.54) is 23.8 Å². The van der Waals surface area contributed by atoms with Gasteiger partial charge in [-0.05, 0) is 37.0 Å². The van der Waals surface area contributed by atoms with Gasteiger partial charge in [-0.25, -0.2) is 0 Å². The lowest BCUT2D eigenvalue weighted by Gasteiger charge is -2.16. The van der Waals surface area contributed by atoms with Crippen molar-refractivity contribution in [3.8, 4) is 0 Å². The second kappa shape index (κ2) is 7.08. The third-order valence-electron chi connectivity index (χ3n) is 4.15. The minimum atomic E-state index is 0. The van der Waals surface area contributed by atoms with E-state index in [9.17, 15) is 0 Å². The molecule has 2 aromatic rings. The summed E-state index contributed by atoms with van der Waals surface area (Å²) in [4.78, 5) is 6.59. The number of aliphatic imine (C=N–C) groups is 1. The molecule has 1 heterocycles. The van der Waals surface area contributed by atoms with Crippen LogP contribution in [0.1, 0.15) is 18.4 Å². The van der Waals surface area contributed by atoms with Gasteiger partial charge in [-0.2, -0.15) is 0 Å². The summed E-state index contributed by atoms with van der Waals surface area (Å²) in [7, 11) is 4.07. The van der Waals surface area contributed by atoms with Crippen LogP contribution in [0.4, 0.5) is 0 Å². The van der Waals surface area contributed by atoms with Crippen molar-refractivity contribution in [1.82, 2.24) is 9.47 Å². The molecule has 1 fully saturated rings. The molecule has 1 aliphatic carbocycles. The van der Waals surface area contributed by atoms with Gasteiger partial charge in [0.15, 0.2) is 5.96 Å². The lowest BCUT2D eigenvalue weighted by atomic mass is 10.1. The Morgan fingerprint density at radius 1 is 1.45 bits per heavy atom. The van der Waals surface area contributed by atoms with Crippen molar-refractivity contribution in [2.75, 3.05) is 13.6 Å². The zero-order valence-electron chi connectivity index (χ0n) is 12.9. The van der Waals surface area contributed by atoms with Crippen molar-refractivity contribution in [2.24, 2.45) is 17.8 Å². The van der Waals surface area contributed by atoms with Crippen molar-refractivity contribution < 1.29 is 0 Å². The molecule has 3 rings (SSSR count). The molecule has 0 radical (unpaired) electrons. The summed E-state index contributed by atoms with van der Waals surface area (Å²) in [5.74, 6) is 0.654. The number of rotatable bonds is 4. The van der Waals surface area contributed by atoms with Crippen LogP contribution < -0.4 is 5.73 Å². The van der Waals surface area contributed by atoms with E-state index in [2.05, 4.69) is 26.7 Å². The van der Waals surface area contributed by atoms with Gasteiger partial charge in [0, 0.05) is 48.8 Å². The molecule has 1 saturated carbocycles. The highest BCUT2D eigenvalue weighted by Crippen LogP contribution is 2.25. The maximum Gasteiger partial charge on any atom is 0.191 e. The van der Waals surface area contributed by atoms with Crippen LogP contribution in [0.3, 0.4) is 0 Å². The Kier molecular flexibility index (Phi) is 5.60. The molecule has 0 spiro atoms. The van der Waals surface area contributed by atoms with Crippen LogP contribution >= 0.6 is 35.6 Å². The number of benzene rings is 1. The SMILES string of the molecule is CN(C(N)=NCCc1cn(C)c2cc(Cl)ccc12)C1CC1.I. The molecule has 0 saturated heterocycles. The molecule has 4 nitrogen and oxygen atoms in total. The number of guanidine groups is 1. The van der Waals surface area contributed by atoms with E-state index in [-0.39, 0.29) is 24.0 Å². The average molecular weight is 433 g/mol. The number of hydrogen-bond acceptors (Lipinski definition) is 1. The highest BCUT2D eigenvalue weighted by molar-refractivity contribution is 14.0. The maximum absolute atomic E-state index is 6.06. The Morgan fingerprint density at radius 2 is 2.18 bits per heavy atom. The van der Waals surface area contributed by atoms with E-state index >= 15 is 0 Å². The predicted molar refractivity (Wildman–Crippen MR) is 104 cm³/mol. The smallest absolute Gasteiger partial charge is 0.191 e. The lowest BCUT2D eigenvalue weighted by Crippen LogP contribution is -2.35. The molecule has 2 N–H and O–H groups in total. The maximum atomic E-state index is 6.06. The molecule has 6 heteroatoms. The molecule has 120 valence electrons. The van der Waals surface area contributed by atoms with E-state index in [0.717, 1.165) is 17.0 Å². The average Bonchev–Trinajstić information content (AvgIpc) is 3.25. The number of nitrogens with zero attached hydrogens (tertiary/aromatic N) is 3. The van der Waals surface area contributed by atoms with E-state index in [1.54, 1.807) is 0 Å². The number of aromatic nitrogens is 1. The summed E-state index contributed by atoms with van der Waals surface area (Å²) >= 11 is 6.06. The van der Waals surface area contributed by atoms with E-state index in [4.69, 9.17) is 17.3 Å². The molecule has 22 heavy (non-hydrogen) atoms. The zero-order chi connectivity index (χ0) is 15.0. The topological polar surface area (TPSA) is 46.5 Å². The fourth-order valence-electron chi connectivity index (χ4n) is 2.69. The molecule has 0 amide bonds. The first-order chi connectivity index (χ1) is 10.1. The quantitative estimate of drug-likeness (QED) is 0.457. The second-order valence-corrected chi connectivity index (χ2v) is 6.20. The fraction of sp³-hybridized carbons (Fsp3) is 0.438. The first-order valence-corrected chi connectivity index (χ1v) is 7.70. The summed E-state index contributed by atoms with van der Waals surface area (Å²) in [6.45, 7) is 0.713. The van der Waals surface area contributed by atoms with Gasteiger partial charge in [-0.1, -0.05) is 17.7 Å². The van der Waals surface area contributed by atoms with Gasteiger partial charge in [0.2, 0.25) is 0 Å². The van der Waals surface area contributed by atoms with Crippen molar-refractivity contribution in [1.29, 1.82) is 0 Å². The molecule has 1 aliphatic rings. The fourth-order valence-corrected chi connectivity index (χ4v) is 2.86. The van der Waals surface area contributed by atoms with Crippen LogP contribution in [0.5, 0.6) is 0 Å². The largest absolute Gasteiger partial charge is 0.370 e. The number of halogens is 2. The van der Waals surface area contributed by atoms with Crippen molar-refractivity contribution >= 4 is 52.4 Å². The predicted octanol–water partition coefficient (Wildman–Crippen LogP) is 3.40. The third-order valence-corrected chi connectivity index (χ3v) is 4.38. The highest BCUT2D eigenvalue weighted by Gasteiger charge is 2.27. The first-order valence-electron chi connectivity index (χ1n) is 7.32. The van der Waals surface area contributed by atoms with Gasteiger partial charge in [0.05, 0.1) is 0 Å². The van der Waals surface area contributed by atoms with E-state index in [0.29, 0.717) is 18.5 Å². The second-order valence-electron chi connectivity index (χ2n) is 5.76. The van der Waals surface area contributed by atoms with E-state index in [1.807, 2.05) is 26.2 Å². The van der Waals surface area contributed by atoms with Crippen molar-refractivity contribution in [3.63, 3.8) is 0 Å². The molecule has 0 aliphatic heterocycles. The number of fused-ring (bicyclic) bond motifs is 1. The molecule has 0 bridgehead atoms. The molecule has 0 atom stereocenters. The van der Waals surface area contributed by atoms with Crippen LogP contribution in [0.2, 0.25) is 5.02 Å². The van der Waals surface area contributed by atoms with Crippen LogP contribution in [0.15, 0.2) is 29.4 Å². The van der Waals surface area contributed by atoms with Crippen molar-refractivity contribution in [2.45, 2.75) is 25.3 Å². The number of aryl methyl sites for hydroxylation is 1. The third kappa shape index (κ3) is 3.68. The van der Waals surface area contributed by atoms with Gasteiger partial charge in [-0.3, -0.25) is 4.99 Å². The Balaban J connectivity index is 0.00000176. The Bertz CT molecular complexity index is 691. The number of nitrogens with two attached hydrogens (primary N) is 1. The molecule has 1 aromatic carbocycles. The highest BCUT2D eigenvalue weighted by atomic mass is 127. The Hall–Kier alpha value is -0.950. The van der Waals surface area contributed by atoms with Gasteiger partial charge >= 0.3 is 0 Å². The monoisotopic (exact) mass is 432 g/mol. The molecular weight excluding hydrogens is 411 g/mol. The lowest BCUT2D eigenvalue weighted by molar-refractivity contribution is 0.487. The summed E-state index contributed by atoms with van der Waals surface area (Å²) in [6, 6.07) is 6.62. The molecule has 0 unspecified atom stereocenters. The van der Waals surface area contributed by atoms with Gasteiger partial charge in [0.25, 0.3) is 0 Å². The minimum absolute atomic E-state index is 0. The summed E-state index contributed by atoms with van der Waals surface area (Å²) in [6.07, 6.45) is 5.50. The van der Waals surface area contributed by atoms with Gasteiger partial charge in [0.1, 0.15) is 0 Å². The van der Waals surface area contributed by atoms with Gasteiger partial charge in [-0.15, -0.1) is 24.0 Å². The Morgan fingerprint density at radius 3 is 2.86 bits per heavy atom.